The van der Waals surface area contributed by atoms with Crippen LogP contribution < -0.4 is 30.8 Å². The second kappa shape index (κ2) is 19.3. The van der Waals surface area contributed by atoms with Crippen molar-refractivity contribution in [2.45, 2.75) is 14.7 Å². The number of primary sulfonamides is 1. The van der Waals surface area contributed by atoms with Crippen LogP contribution in [0.1, 0.15) is 31.5 Å². The molecule has 0 aliphatic heterocycles. The van der Waals surface area contributed by atoms with Crippen LogP contribution in [0.15, 0.2) is 178 Å². The molecule has 0 saturated heterocycles. The first-order chi connectivity index (χ1) is 35.2. The fourth-order valence-electron chi connectivity index (χ4n) is 7.65. The molecule has 0 radical (unpaired) electrons. The number of rotatable bonds is 17. The summed E-state index contributed by atoms with van der Waals surface area (Å²) in [7, 11) is -10.9. The van der Waals surface area contributed by atoms with Gasteiger partial charge in [-0.3, -0.25) is 19.0 Å². The fraction of sp³-hybridized carbons (Fsp3) is 0.0204. The summed E-state index contributed by atoms with van der Waals surface area (Å²) < 4.78 is 92.8. The first-order valence-corrected chi connectivity index (χ1v) is 26.1. The molecule has 9 N–H and O–H groups in total. The number of carbonyl (C=O) groups excluding carboxylic acids is 2. The van der Waals surface area contributed by atoms with Crippen LogP contribution in [-0.2, 0) is 30.1 Å². The van der Waals surface area contributed by atoms with E-state index in [-0.39, 0.29) is 43.1 Å². The van der Waals surface area contributed by atoms with Gasteiger partial charge in [0.15, 0.2) is 17.1 Å². The summed E-state index contributed by atoms with van der Waals surface area (Å²) in [5.74, 6) is -2.30. The number of benzene rings is 6. The van der Waals surface area contributed by atoms with E-state index in [2.05, 4.69) is 24.7 Å². The number of carbonyl (C=O) groups is 3. The average molecular weight is 1050 g/mol. The molecule has 6 aromatic carbocycles. The summed E-state index contributed by atoms with van der Waals surface area (Å²) in [6.07, 6.45) is 0. The van der Waals surface area contributed by atoms with Gasteiger partial charge < -0.3 is 21.3 Å². The molecule has 0 saturated carbocycles. The van der Waals surface area contributed by atoms with Gasteiger partial charge in [-0.15, -0.1) is 0 Å². The monoisotopic (exact) mass is 1050 g/mol. The van der Waals surface area contributed by atoms with Gasteiger partial charge in [0.1, 0.15) is 5.75 Å². The zero-order chi connectivity index (χ0) is 52.7. The molecule has 3 heterocycles. The Morgan fingerprint density at radius 1 is 0.486 bits per heavy atom. The molecule has 0 atom stereocenters. The van der Waals surface area contributed by atoms with Gasteiger partial charge in [-0.2, -0.15) is 15.3 Å². The molecule has 2 amide bonds. The zero-order valence-electron chi connectivity index (χ0n) is 38.3. The van der Waals surface area contributed by atoms with Crippen molar-refractivity contribution >= 4 is 59.2 Å². The molecule has 9 rings (SSSR count). The molecule has 74 heavy (non-hydrogen) atoms. The third kappa shape index (κ3) is 10.2. The Morgan fingerprint density at radius 2 is 0.878 bits per heavy atom. The largest absolute Gasteiger partial charge is 0.497 e. The number of aromatic nitrogens is 6. The molecule has 0 unspecified atom stereocenters. The number of carboxylic acids is 1. The van der Waals surface area contributed by atoms with Crippen LogP contribution in [0.4, 0.5) is 11.4 Å². The van der Waals surface area contributed by atoms with Gasteiger partial charge in [-0.25, -0.2) is 49.2 Å². The standard InChI is InChI=1S/C49H39N11O11S3/c1-71-37-17-7-30(8-18-37)44-26-41(47(50)61)53-58(44)35-13-23-40(24-14-35)74(69,70)57-33-4-2-3-31(25-33)46-27-42(48(51)62)54-60(46)36-15-21-39(22-16-36)73(67,68)56-32-9-5-29(6-10-32)45-28-43(49(63)64)55-59(45)34-11-19-38(20-12-34)72(52,65)66/h2-28,56-57H,1H3,(H2,50,61)(H2,51,62)(H,63,64)(H2,52,65,66). The number of hydrogen-bond donors (Lipinski definition) is 6. The molecule has 0 spiro atoms. The van der Waals surface area contributed by atoms with E-state index in [1.807, 2.05) is 0 Å². The lowest BCUT2D eigenvalue weighted by Crippen LogP contribution is -2.14. The minimum absolute atomic E-state index is 0.0000177. The maximum atomic E-state index is 13.8. The van der Waals surface area contributed by atoms with Crippen LogP contribution in [0, 0.1) is 0 Å². The highest BCUT2D eigenvalue weighted by Gasteiger charge is 2.23. The summed E-state index contributed by atoms with van der Waals surface area (Å²) in [5, 5.41) is 27.7. The zero-order valence-corrected chi connectivity index (χ0v) is 40.7. The maximum absolute atomic E-state index is 13.8. The Hall–Kier alpha value is -9.43. The van der Waals surface area contributed by atoms with Crippen LogP contribution in [0.2, 0.25) is 0 Å². The summed E-state index contributed by atoms with van der Waals surface area (Å²) in [5.41, 5.74) is 14.8. The number of ether oxygens (including phenoxy) is 1. The van der Waals surface area contributed by atoms with Crippen LogP contribution in [0.5, 0.6) is 5.75 Å². The molecule has 22 nitrogen and oxygen atoms in total. The highest BCUT2D eigenvalue weighted by molar-refractivity contribution is 7.93. The van der Waals surface area contributed by atoms with Crippen molar-refractivity contribution in [2.75, 3.05) is 16.6 Å². The quantitative estimate of drug-likeness (QED) is 0.0665. The Morgan fingerprint density at radius 3 is 1.30 bits per heavy atom. The Bertz CT molecular complexity index is 4010. The molecule has 3 aromatic heterocycles. The van der Waals surface area contributed by atoms with Crippen LogP contribution in [0.25, 0.3) is 50.8 Å². The van der Waals surface area contributed by atoms with E-state index < -0.39 is 47.9 Å². The first kappa shape index (κ1) is 49.5. The molecular formula is C49H39N11O11S3. The van der Waals surface area contributed by atoms with E-state index in [9.17, 15) is 44.7 Å². The summed E-state index contributed by atoms with van der Waals surface area (Å²) >= 11 is 0. The van der Waals surface area contributed by atoms with Crippen molar-refractivity contribution in [3.63, 3.8) is 0 Å². The van der Waals surface area contributed by atoms with Crippen molar-refractivity contribution in [3.8, 4) is 56.6 Å². The van der Waals surface area contributed by atoms with Gasteiger partial charge in [0.25, 0.3) is 31.9 Å². The number of sulfonamides is 3. The number of amides is 2. The van der Waals surface area contributed by atoms with Gasteiger partial charge in [0.05, 0.1) is 55.9 Å². The van der Waals surface area contributed by atoms with Gasteiger partial charge in [-0.1, -0.05) is 24.3 Å². The molecule has 0 bridgehead atoms. The lowest BCUT2D eigenvalue weighted by Gasteiger charge is -2.13. The lowest BCUT2D eigenvalue weighted by molar-refractivity contribution is 0.0689. The van der Waals surface area contributed by atoms with Crippen molar-refractivity contribution in [1.29, 1.82) is 0 Å². The molecular weight excluding hydrogens is 1010 g/mol. The number of aromatic carboxylic acids is 1. The Labute approximate surface area is 421 Å². The third-order valence-electron chi connectivity index (χ3n) is 11.3. The normalized spacial score (nSPS) is 11.8. The van der Waals surface area contributed by atoms with Crippen LogP contribution in [0.3, 0.4) is 0 Å². The van der Waals surface area contributed by atoms with Gasteiger partial charge in [-0.05, 0) is 140 Å². The number of primary amides is 2. The smallest absolute Gasteiger partial charge is 0.356 e. The van der Waals surface area contributed by atoms with Crippen molar-refractivity contribution in [1.82, 2.24) is 29.3 Å². The number of carboxylic acid groups (broad SMARTS) is 1. The van der Waals surface area contributed by atoms with Crippen molar-refractivity contribution in [3.05, 3.63) is 181 Å². The SMILES string of the molecule is COc1ccc(-c2cc(C(N)=O)nn2-c2ccc(S(=O)(=O)Nc3cccc(-c4cc(C(N)=O)nn4-c4ccc(S(=O)(=O)Nc5ccc(-c6cc(C(=O)O)nn6-c6ccc(S(N)(=O)=O)cc6)cc5)cc4)c3)cc2)cc1. The molecule has 9 aromatic rings. The summed E-state index contributed by atoms with van der Waals surface area (Å²) in [6, 6.07) is 40.2. The predicted octanol–water partition coefficient (Wildman–Crippen LogP) is 5.40. The average Bonchev–Trinajstić information content (AvgIpc) is 4.16. The second-order valence-corrected chi connectivity index (χ2v) is 21.1. The summed E-state index contributed by atoms with van der Waals surface area (Å²) in [4.78, 5) is 35.9. The molecule has 374 valence electrons. The molecule has 25 heteroatoms. The molecule has 0 aliphatic rings. The number of methoxy groups -OCH3 is 1. The lowest BCUT2D eigenvalue weighted by atomic mass is 10.1. The number of nitrogens with one attached hydrogen (secondary N) is 2. The maximum Gasteiger partial charge on any atom is 0.356 e. The van der Waals surface area contributed by atoms with E-state index >= 15 is 0 Å². The fourth-order valence-corrected chi connectivity index (χ4v) is 10.3. The van der Waals surface area contributed by atoms with Gasteiger partial charge in [0.2, 0.25) is 10.0 Å². The highest BCUT2D eigenvalue weighted by atomic mass is 32.2. The summed E-state index contributed by atoms with van der Waals surface area (Å²) in [6.45, 7) is 0. The predicted molar refractivity (Wildman–Crippen MR) is 271 cm³/mol. The first-order valence-electron chi connectivity index (χ1n) is 21.6. The minimum atomic E-state index is -4.21. The van der Waals surface area contributed by atoms with Gasteiger partial charge >= 0.3 is 5.97 Å². The highest BCUT2D eigenvalue weighted by Crippen LogP contribution is 2.32. The number of hydrogen-bond acceptors (Lipinski definition) is 13. The van der Waals surface area contributed by atoms with E-state index in [0.717, 1.165) is 0 Å². The topological polar surface area (TPSA) is 339 Å². The minimum Gasteiger partial charge on any atom is -0.497 e. The van der Waals surface area contributed by atoms with Crippen molar-refractivity contribution < 1.29 is 49.5 Å². The Balaban J connectivity index is 0.926. The van der Waals surface area contributed by atoms with Gasteiger partial charge in [0, 0.05) is 28.1 Å². The van der Waals surface area contributed by atoms with E-state index in [1.165, 1.54) is 136 Å². The van der Waals surface area contributed by atoms with Crippen molar-refractivity contribution in [2.24, 2.45) is 16.6 Å². The number of anilines is 2. The number of nitrogens with two attached hydrogens (primary N) is 3. The van der Waals surface area contributed by atoms with Crippen LogP contribution in [-0.4, -0.2) is 84.6 Å². The van der Waals surface area contributed by atoms with E-state index in [0.29, 0.717) is 56.6 Å². The molecule has 0 fully saturated rings. The third-order valence-corrected chi connectivity index (χ3v) is 15.0. The second-order valence-electron chi connectivity index (χ2n) is 16.1. The number of nitrogens with zero attached hydrogens (tertiary/aromatic N) is 6. The van der Waals surface area contributed by atoms with Crippen LogP contribution >= 0.6 is 0 Å². The van der Waals surface area contributed by atoms with E-state index in [4.69, 9.17) is 21.3 Å². The Kier molecular flexibility index (Phi) is 12.9. The van der Waals surface area contributed by atoms with E-state index in [1.54, 1.807) is 48.5 Å². The molecule has 0 aliphatic carbocycles.